The third-order valence-corrected chi connectivity index (χ3v) is 4.13. The van der Waals surface area contributed by atoms with Gasteiger partial charge in [-0.05, 0) is 36.6 Å². The van der Waals surface area contributed by atoms with Gasteiger partial charge in [0.05, 0.1) is 18.4 Å². The number of ether oxygens (including phenoxy) is 1. The molecule has 2 aromatic heterocycles. The first kappa shape index (κ1) is 13.9. The Hall–Kier alpha value is -2.76. The van der Waals surface area contributed by atoms with Crippen molar-refractivity contribution in [3.05, 3.63) is 41.7 Å². The molecule has 1 atom stereocenters. The van der Waals surface area contributed by atoms with E-state index in [0.29, 0.717) is 29.5 Å². The van der Waals surface area contributed by atoms with Crippen LogP contribution in [0.5, 0.6) is 5.75 Å². The standard InChI is InChI=1S/C17H16N4O2/c1-10-7-14-13(15(22)8-10)9-21-17(18-14)19-16(20-21)11-3-5-12(23-2)6-4-11/h3-6,9-10H,7-8H2,1-2H3. The predicted molar refractivity (Wildman–Crippen MR) is 84.6 cm³/mol. The minimum Gasteiger partial charge on any atom is -0.497 e. The molecule has 3 aromatic rings. The SMILES string of the molecule is COc1ccc(-c2nc3nc4c(cn3n2)C(=O)CC(C)C4)cc1. The van der Waals surface area contributed by atoms with Crippen LogP contribution in [0, 0.1) is 5.92 Å². The number of fused-ring (bicyclic) bond motifs is 2. The fourth-order valence-electron chi connectivity index (χ4n) is 2.94. The van der Waals surface area contributed by atoms with Crippen LogP contribution in [-0.2, 0) is 6.42 Å². The van der Waals surface area contributed by atoms with Crippen LogP contribution in [0.4, 0.5) is 0 Å². The second kappa shape index (κ2) is 5.15. The molecule has 0 bridgehead atoms. The fourth-order valence-corrected chi connectivity index (χ4v) is 2.94. The van der Waals surface area contributed by atoms with Crippen molar-refractivity contribution in [3.63, 3.8) is 0 Å². The number of hydrogen-bond acceptors (Lipinski definition) is 5. The average molecular weight is 308 g/mol. The number of ketones is 1. The highest BCUT2D eigenvalue weighted by Crippen LogP contribution is 2.25. The Labute approximate surface area is 133 Å². The number of methoxy groups -OCH3 is 1. The first-order valence-electron chi connectivity index (χ1n) is 7.58. The van der Waals surface area contributed by atoms with Crippen LogP contribution < -0.4 is 4.74 Å². The summed E-state index contributed by atoms with van der Waals surface area (Å²) in [6.07, 6.45) is 3.13. The van der Waals surface area contributed by atoms with E-state index in [9.17, 15) is 4.79 Å². The van der Waals surface area contributed by atoms with Crippen LogP contribution in [0.1, 0.15) is 29.4 Å². The van der Waals surface area contributed by atoms with Gasteiger partial charge in [-0.15, -0.1) is 5.10 Å². The first-order valence-corrected chi connectivity index (χ1v) is 7.58. The van der Waals surface area contributed by atoms with Crippen molar-refractivity contribution in [3.8, 4) is 17.1 Å². The Morgan fingerprint density at radius 1 is 1.17 bits per heavy atom. The molecule has 6 heteroatoms. The van der Waals surface area contributed by atoms with E-state index < -0.39 is 0 Å². The van der Waals surface area contributed by atoms with Gasteiger partial charge in [0, 0.05) is 18.2 Å². The Kier molecular flexibility index (Phi) is 3.11. The van der Waals surface area contributed by atoms with E-state index in [0.717, 1.165) is 23.4 Å². The Morgan fingerprint density at radius 2 is 1.96 bits per heavy atom. The molecule has 0 saturated carbocycles. The van der Waals surface area contributed by atoms with Crippen LogP contribution >= 0.6 is 0 Å². The van der Waals surface area contributed by atoms with Crippen molar-refractivity contribution in [2.75, 3.05) is 7.11 Å². The van der Waals surface area contributed by atoms with Crippen LogP contribution in [0.15, 0.2) is 30.5 Å². The highest BCUT2D eigenvalue weighted by molar-refractivity contribution is 5.98. The molecule has 0 N–H and O–H groups in total. The number of carbonyl (C=O) groups excluding carboxylic acids is 1. The molecule has 0 saturated heterocycles. The number of aromatic nitrogens is 4. The number of nitrogens with zero attached hydrogens (tertiary/aromatic N) is 4. The zero-order chi connectivity index (χ0) is 16.0. The normalized spacial score (nSPS) is 17.3. The van der Waals surface area contributed by atoms with Gasteiger partial charge in [0.25, 0.3) is 5.78 Å². The number of hydrogen-bond donors (Lipinski definition) is 0. The van der Waals surface area contributed by atoms with E-state index in [2.05, 4.69) is 22.0 Å². The lowest BCUT2D eigenvalue weighted by atomic mass is 9.88. The van der Waals surface area contributed by atoms with Gasteiger partial charge in [0.15, 0.2) is 11.6 Å². The lowest BCUT2D eigenvalue weighted by Gasteiger charge is -2.18. The summed E-state index contributed by atoms with van der Waals surface area (Å²) in [7, 11) is 1.63. The zero-order valence-electron chi connectivity index (χ0n) is 13.0. The number of carbonyl (C=O) groups is 1. The van der Waals surface area contributed by atoms with Crippen molar-refractivity contribution in [1.29, 1.82) is 0 Å². The minimum atomic E-state index is 0.134. The molecule has 0 aliphatic heterocycles. The average Bonchev–Trinajstić information content (AvgIpc) is 2.96. The van der Waals surface area contributed by atoms with Gasteiger partial charge in [-0.2, -0.15) is 4.98 Å². The number of benzene rings is 1. The van der Waals surface area contributed by atoms with E-state index in [4.69, 9.17) is 4.74 Å². The minimum absolute atomic E-state index is 0.134. The maximum Gasteiger partial charge on any atom is 0.252 e. The first-order chi connectivity index (χ1) is 11.1. The van der Waals surface area contributed by atoms with E-state index in [1.807, 2.05) is 24.3 Å². The lowest BCUT2D eigenvalue weighted by molar-refractivity contribution is 0.0951. The summed E-state index contributed by atoms with van der Waals surface area (Å²) in [6, 6.07) is 7.54. The van der Waals surface area contributed by atoms with Gasteiger partial charge in [-0.3, -0.25) is 4.79 Å². The van der Waals surface area contributed by atoms with Gasteiger partial charge in [0.1, 0.15) is 5.75 Å². The predicted octanol–water partition coefficient (Wildman–Crippen LogP) is 2.56. The van der Waals surface area contributed by atoms with Crippen LogP contribution in [0.25, 0.3) is 17.2 Å². The molecule has 1 unspecified atom stereocenters. The smallest absolute Gasteiger partial charge is 0.252 e. The Morgan fingerprint density at radius 3 is 2.70 bits per heavy atom. The molecule has 2 heterocycles. The maximum atomic E-state index is 12.2. The summed E-state index contributed by atoms with van der Waals surface area (Å²) < 4.78 is 6.75. The highest BCUT2D eigenvalue weighted by Gasteiger charge is 2.25. The van der Waals surface area contributed by atoms with Crippen LogP contribution in [0.2, 0.25) is 0 Å². The van der Waals surface area contributed by atoms with E-state index >= 15 is 0 Å². The Balaban J connectivity index is 1.80. The summed E-state index contributed by atoms with van der Waals surface area (Å²) >= 11 is 0. The van der Waals surface area contributed by atoms with E-state index in [1.54, 1.807) is 17.8 Å². The summed E-state index contributed by atoms with van der Waals surface area (Å²) in [6.45, 7) is 2.07. The van der Waals surface area contributed by atoms with Gasteiger partial charge < -0.3 is 4.74 Å². The molecular formula is C17H16N4O2. The monoisotopic (exact) mass is 308 g/mol. The zero-order valence-corrected chi connectivity index (χ0v) is 13.0. The molecule has 0 radical (unpaired) electrons. The summed E-state index contributed by atoms with van der Waals surface area (Å²) in [5, 5.41) is 4.45. The molecule has 1 aromatic carbocycles. The molecule has 116 valence electrons. The summed E-state index contributed by atoms with van der Waals surface area (Å²) in [5.41, 5.74) is 2.38. The summed E-state index contributed by atoms with van der Waals surface area (Å²) in [4.78, 5) is 21.2. The topological polar surface area (TPSA) is 69.4 Å². The third-order valence-electron chi connectivity index (χ3n) is 4.13. The van der Waals surface area contributed by atoms with Crippen molar-refractivity contribution in [2.24, 2.45) is 5.92 Å². The largest absolute Gasteiger partial charge is 0.497 e. The molecular weight excluding hydrogens is 292 g/mol. The van der Waals surface area contributed by atoms with Crippen molar-refractivity contribution < 1.29 is 9.53 Å². The second-order valence-electron chi connectivity index (χ2n) is 5.95. The quantitative estimate of drug-likeness (QED) is 0.727. The van der Waals surface area contributed by atoms with Gasteiger partial charge >= 0.3 is 0 Å². The van der Waals surface area contributed by atoms with Gasteiger partial charge in [0.2, 0.25) is 0 Å². The number of Topliss-reactive ketones (excluding diaryl/α,β-unsaturated/α-hetero) is 1. The lowest BCUT2D eigenvalue weighted by Crippen LogP contribution is -2.20. The highest BCUT2D eigenvalue weighted by atomic mass is 16.5. The molecule has 1 aliphatic carbocycles. The van der Waals surface area contributed by atoms with Crippen molar-refractivity contribution in [2.45, 2.75) is 19.8 Å². The molecule has 0 amide bonds. The fraction of sp³-hybridized carbons (Fsp3) is 0.294. The van der Waals surface area contributed by atoms with E-state index in [1.165, 1.54) is 0 Å². The number of rotatable bonds is 2. The summed E-state index contributed by atoms with van der Waals surface area (Å²) in [5.74, 6) is 2.36. The molecule has 23 heavy (non-hydrogen) atoms. The molecule has 0 spiro atoms. The van der Waals surface area contributed by atoms with Crippen LogP contribution in [-0.4, -0.2) is 32.5 Å². The van der Waals surface area contributed by atoms with Crippen molar-refractivity contribution >= 4 is 11.6 Å². The molecule has 0 fully saturated rings. The maximum absolute atomic E-state index is 12.2. The molecule has 1 aliphatic rings. The third kappa shape index (κ3) is 2.36. The Bertz CT molecular complexity index is 899. The van der Waals surface area contributed by atoms with E-state index in [-0.39, 0.29) is 5.78 Å². The van der Waals surface area contributed by atoms with Crippen molar-refractivity contribution in [1.82, 2.24) is 19.6 Å². The molecule has 6 nitrogen and oxygen atoms in total. The van der Waals surface area contributed by atoms with Gasteiger partial charge in [-0.25, -0.2) is 9.50 Å². The molecule has 4 rings (SSSR count). The second-order valence-corrected chi connectivity index (χ2v) is 5.95. The van der Waals surface area contributed by atoms with Crippen LogP contribution in [0.3, 0.4) is 0 Å². The van der Waals surface area contributed by atoms with Gasteiger partial charge in [-0.1, -0.05) is 6.92 Å².